The van der Waals surface area contributed by atoms with E-state index in [1.165, 1.54) is 5.56 Å². The van der Waals surface area contributed by atoms with Crippen LogP contribution in [0, 0.1) is 11.6 Å². The van der Waals surface area contributed by atoms with Gasteiger partial charge in [-0.1, -0.05) is 31.2 Å². The van der Waals surface area contributed by atoms with Gasteiger partial charge in [0.1, 0.15) is 11.6 Å². The Morgan fingerprint density at radius 3 is 2.33 bits per heavy atom. The molecule has 0 saturated heterocycles. The fraction of sp³-hybridized carbons (Fsp3) is 0.222. The Balaban J connectivity index is 1.80. The van der Waals surface area contributed by atoms with Crippen molar-refractivity contribution in [1.82, 2.24) is 5.32 Å². The fourth-order valence-corrected chi connectivity index (χ4v) is 2.01. The summed E-state index contributed by atoms with van der Waals surface area (Å²) in [6.45, 7) is 1.81. The van der Waals surface area contributed by atoms with Crippen LogP contribution in [0.4, 0.5) is 8.78 Å². The van der Waals surface area contributed by atoms with E-state index < -0.39 is 35.7 Å². The van der Waals surface area contributed by atoms with E-state index in [9.17, 15) is 18.4 Å². The highest BCUT2D eigenvalue weighted by atomic mass is 19.1. The number of carbonyl (C=O) groups excluding carboxylic acids is 2. The van der Waals surface area contributed by atoms with Gasteiger partial charge < -0.3 is 10.1 Å². The second kappa shape index (κ2) is 8.19. The van der Waals surface area contributed by atoms with Crippen molar-refractivity contribution in [3.8, 4) is 0 Å². The zero-order chi connectivity index (χ0) is 17.5. The number of carbonyl (C=O) groups is 2. The van der Waals surface area contributed by atoms with Crippen LogP contribution >= 0.6 is 0 Å². The molecule has 2 rings (SSSR count). The summed E-state index contributed by atoms with van der Waals surface area (Å²) in [5.74, 6) is -3.35. The van der Waals surface area contributed by atoms with E-state index >= 15 is 0 Å². The van der Waals surface area contributed by atoms with Crippen molar-refractivity contribution in [3.63, 3.8) is 0 Å². The zero-order valence-corrected chi connectivity index (χ0v) is 13.1. The molecule has 0 radical (unpaired) electrons. The Hall–Kier alpha value is -2.76. The van der Waals surface area contributed by atoms with Gasteiger partial charge in [0.25, 0.3) is 5.91 Å². The zero-order valence-electron chi connectivity index (χ0n) is 13.1. The van der Waals surface area contributed by atoms with E-state index in [1.54, 1.807) is 0 Å². The average Bonchev–Trinajstić information content (AvgIpc) is 2.58. The molecule has 4 nitrogen and oxygen atoms in total. The first-order valence-electron chi connectivity index (χ1n) is 7.46. The fourth-order valence-electron chi connectivity index (χ4n) is 2.01. The average molecular weight is 333 g/mol. The van der Waals surface area contributed by atoms with Crippen LogP contribution in [0.3, 0.4) is 0 Å². The molecule has 0 aliphatic carbocycles. The van der Waals surface area contributed by atoms with Gasteiger partial charge in [-0.25, -0.2) is 13.6 Å². The van der Waals surface area contributed by atoms with Gasteiger partial charge in [-0.05, 0) is 29.7 Å². The summed E-state index contributed by atoms with van der Waals surface area (Å²) in [7, 11) is 0. The van der Waals surface area contributed by atoms with Gasteiger partial charge in [0, 0.05) is 12.6 Å². The molecule has 0 atom stereocenters. The summed E-state index contributed by atoms with van der Waals surface area (Å²) < 4.78 is 30.9. The Labute approximate surface area is 138 Å². The van der Waals surface area contributed by atoms with Crippen molar-refractivity contribution >= 4 is 11.9 Å². The minimum absolute atomic E-state index is 0.297. The molecule has 0 heterocycles. The maximum atomic E-state index is 13.4. The summed E-state index contributed by atoms with van der Waals surface area (Å²) in [4.78, 5) is 23.3. The lowest BCUT2D eigenvalue weighted by atomic mass is 10.1. The van der Waals surface area contributed by atoms with Crippen molar-refractivity contribution in [1.29, 1.82) is 0 Å². The summed E-state index contributed by atoms with van der Waals surface area (Å²) in [6, 6.07) is 10.2. The van der Waals surface area contributed by atoms with E-state index in [1.807, 2.05) is 24.3 Å². The molecule has 0 aromatic heterocycles. The molecule has 1 amide bonds. The molecule has 6 heteroatoms. The third-order valence-electron chi connectivity index (χ3n) is 3.41. The number of benzene rings is 2. The van der Waals surface area contributed by atoms with Crippen LogP contribution in [-0.2, 0) is 22.5 Å². The molecule has 0 saturated carbocycles. The van der Waals surface area contributed by atoms with Gasteiger partial charge in [0.2, 0.25) is 0 Å². The summed E-state index contributed by atoms with van der Waals surface area (Å²) in [6.07, 6.45) is 0.933. The number of ether oxygens (including phenoxy) is 1. The maximum Gasteiger partial charge on any atom is 0.341 e. The largest absolute Gasteiger partial charge is 0.452 e. The number of halogens is 2. The van der Waals surface area contributed by atoms with Crippen LogP contribution in [0.25, 0.3) is 0 Å². The number of hydrogen-bond donors (Lipinski definition) is 1. The van der Waals surface area contributed by atoms with Gasteiger partial charge in [-0.2, -0.15) is 0 Å². The van der Waals surface area contributed by atoms with Crippen LogP contribution in [0.15, 0.2) is 42.5 Å². The number of rotatable bonds is 6. The summed E-state index contributed by atoms with van der Waals surface area (Å²) in [5.41, 5.74) is 1.69. The third-order valence-corrected chi connectivity index (χ3v) is 3.41. The molecule has 0 aliphatic rings. The van der Waals surface area contributed by atoms with Crippen molar-refractivity contribution in [2.45, 2.75) is 19.9 Å². The summed E-state index contributed by atoms with van der Waals surface area (Å²) >= 11 is 0. The van der Waals surface area contributed by atoms with Crippen LogP contribution in [0.5, 0.6) is 0 Å². The lowest BCUT2D eigenvalue weighted by Gasteiger charge is -2.08. The van der Waals surface area contributed by atoms with E-state index in [4.69, 9.17) is 4.74 Å². The molecule has 2 aromatic carbocycles. The number of amides is 1. The van der Waals surface area contributed by atoms with E-state index in [0.29, 0.717) is 12.6 Å². The smallest absolute Gasteiger partial charge is 0.341 e. The highest BCUT2D eigenvalue weighted by Gasteiger charge is 2.15. The molecule has 0 fully saturated rings. The first-order valence-corrected chi connectivity index (χ1v) is 7.46. The molecule has 2 aromatic rings. The molecule has 24 heavy (non-hydrogen) atoms. The molecule has 0 unspecified atom stereocenters. The number of esters is 1. The van der Waals surface area contributed by atoms with Crippen LogP contribution in [0.1, 0.15) is 28.4 Å². The van der Waals surface area contributed by atoms with Crippen molar-refractivity contribution in [3.05, 3.63) is 70.8 Å². The van der Waals surface area contributed by atoms with Crippen LogP contribution in [-0.4, -0.2) is 18.5 Å². The van der Waals surface area contributed by atoms with Crippen molar-refractivity contribution in [2.75, 3.05) is 6.61 Å². The van der Waals surface area contributed by atoms with Gasteiger partial charge >= 0.3 is 5.97 Å². The standard InChI is InChI=1S/C18H17F2NO3/c1-2-12-3-5-13(6-4-12)10-21-17(22)11-24-18(23)15-8-7-14(19)9-16(15)20/h3-9H,2,10-11H2,1H3,(H,21,22). The van der Waals surface area contributed by atoms with Crippen LogP contribution in [0.2, 0.25) is 0 Å². The third kappa shape index (κ3) is 4.87. The first kappa shape index (κ1) is 17.6. The van der Waals surface area contributed by atoms with Gasteiger partial charge in [-0.3, -0.25) is 4.79 Å². The number of hydrogen-bond acceptors (Lipinski definition) is 3. The molecule has 0 aliphatic heterocycles. The highest BCUT2D eigenvalue weighted by molar-refractivity contribution is 5.91. The maximum absolute atomic E-state index is 13.4. The van der Waals surface area contributed by atoms with E-state index in [-0.39, 0.29) is 0 Å². The number of aryl methyl sites for hydroxylation is 1. The normalized spacial score (nSPS) is 10.3. The minimum Gasteiger partial charge on any atom is -0.452 e. The van der Waals surface area contributed by atoms with Crippen LogP contribution < -0.4 is 5.32 Å². The molecular formula is C18H17F2NO3. The van der Waals surface area contributed by atoms with Crippen molar-refractivity contribution in [2.24, 2.45) is 0 Å². The molecule has 0 spiro atoms. The van der Waals surface area contributed by atoms with E-state index in [2.05, 4.69) is 12.2 Å². The Kier molecular flexibility index (Phi) is 6.01. The quantitative estimate of drug-likeness (QED) is 0.827. The molecule has 1 N–H and O–H groups in total. The Morgan fingerprint density at radius 2 is 1.71 bits per heavy atom. The van der Waals surface area contributed by atoms with Gasteiger partial charge in [0.05, 0.1) is 5.56 Å². The monoisotopic (exact) mass is 333 g/mol. The summed E-state index contributed by atoms with van der Waals surface area (Å²) in [5, 5.41) is 2.60. The van der Waals surface area contributed by atoms with Gasteiger partial charge in [0.15, 0.2) is 6.61 Å². The minimum atomic E-state index is -1.03. The SMILES string of the molecule is CCc1ccc(CNC(=O)COC(=O)c2ccc(F)cc2F)cc1. The number of nitrogens with one attached hydrogen (secondary N) is 1. The lowest BCUT2D eigenvalue weighted by molar-refractivity contribution is -0.124. The molecule has 0 bridgehead atoms. The van der Waals surface area contributed by atoms with Crippen molar-refractivity contribution < 1.29 is 23.1 Å². The second-order valence-electron chi connectivity index (χ2n) is 5.15. The van der Waals surface area contributed by atoms with Gasteiger partial charge in [-0.15, -0.1) is 0 Å². The van der Waals surface area contributed by atoms with E-state index in [0.717, 1.165) is 24.1 Å². The highest BCUT2D eigenvalue weighted by Crippen LogP contribution is 2.10. The predicted octanol–water partition coefficient (Wildman–Crippen LogP) is 3.00. The second-order valence-corrected chi connectivity index (χ2v) is 5.15. The molecular weight excluding hydrogens is 316 g/mol. The Bertz CT molecular complexity index is 730. The predicted molar refractivity (Wildman–Crippen MR) is 84.3 cm³/mol. The lowest BCUT2D eigenvalue weighted by Crippen LogP contribution is -2.28. The molecule has 126 valence electrons. The Morgan fingerprint density at radius 1 is 1.04 bits per heavy atom. The topological polar surface area (TPSA) is 55.4 Å². The first-order chi connectivity index (χ1) is 11.5.